The fourth-order valence-corrected chi connectivity index (χ4v) is 9.80. The predicted octanol–water partition coefficient (Wildman–Crippen LogP) is 15.3. The Bertz CT molecular complexity index is 5120. The standard InChI is InChI=1S/C8H6Cl4O.C7H3F5O.C7H4F4O.C7H7N3O.C7H6N2O5.C7H7NO3.C6H4N4.C5H7NO3.C5H9NS.C4H6N2.C4H9NO.2C3H5N3/c1-3-4(9)6(11)8(13-2)7(12)5(3)10;1-13-7-5(11)3(9)2(8)4(10)6(7)12;1-12-7-5(10)3(8)2-4(9)6(7)11;1-11-10-7-5-3-2-4-6(7)8-9-10;1-14-7-3-2-5(8(10)11)4-6(7)9(12)13;1-11-7-4-2-6(3-5-7)8(9)10;1-10-4-9-5(2-7)6(10)3-8;1-9-6-4(7)2-3-5(6)8;1-7-5-3-2-4-6-5;1-6-3-2-5-4-6;1-4(2)5-6-3;1-6-3-4-2-5-6;1-6-3-2-4-5-6/h1-2H3;1H3;2H,1H3;2-5H,1H3;2-4H,1H3;2-5H,1H3;4H,1H3;2-3H2,1H3;2-4H2,1H3;2-4H,1H3;1-3H3;2*2-3H,1H3. The molecule has 37 nitrogen and oxygen atoms in total. The van der Waals surface area contributed by atoms with E-state index in [4.69, 9.17) is 71.2 Å². The van der Waals surface area contributed by atoms with Crippen LogP contribution in [-0.4, -0.2) is 176 Å². The number of carbonyl (C=O) groups excluding carboxylic acids is 2. The first-order valence-electron chi connectivity index (χ1n) is 34.0. The van der Waals surface area contributed by atoms with E-state index in [1.54, 1.807) is 85.6 Å². The number of aryl methyl sites for hydroxylation is 4. The van der Waals surface area contributed by atoms with E-state index in [1.165, 1.54) is 93.7 Å². The Hall–Kier alpha value is -13.5. The molecular formula is C73H78Cl4F9N21O16S. The SMILES string of the molecule is CON1C(=O)CCC1=O.CON=C(C)C.COc1c(Cl)c(Cl)c(C)c(Cl)c1Cl.COc1c(F)c(F)c(F)c(F)c1F.COc1c(F)c(F)cc(F)c1F.COc1ccc([N+](=O)[O-])cc1.COc1ccc([N+](=O)[O-])cc1[N+](=O)[O-].COn1nnc2ccccc21.CSC1=NCCC1.Cn1ccnc1.Cn1ccnn1.Cn1cnc(C#N)c1C#N.Cn1cncn1. The van der Waals surface area contributed by atoms with Crippen LogP contribution in [0, 0.1) is 112 Å². The van der Waals surface area contributed by atoms with Crippen LogP contribution in [0.1, 0.15) is 56.5 Å². The number of hydrogen-bond acceptors (Lipinski definition) is 29. The molecular weight excluding hydrogens is 1770 g/mol. The monoisotopic (exact) mass is 1850 g/mol. The maximum Gasteiger partial charge on any atom is 0.317 e. The highest BCUT2D eigenvalue weighted by Gasteiger charge is 2.30. The highest BCUT2D eigenvalue weighted by Crippen LogP contribution is 2.45. The van der Waals surface area contributed by atoms with Gasteiger partial charge in [0.2, 0.25) is 40.7 Å². The summed E-state index contributed by atoms with van der Waals surface area (Å²) in [5, 5.41) is 73.2. The van der Waals surface area contributed by atoms with E-state index < -0.39 is 84.3 Å². The number of imide groups is 1. The molecule has 1 saturated heterocycles. The minimum atomic E-state index is -2.20. The number of hydroxylamine groups is 2. The van der Waals surface area contributed by atoms with Gasteiger partial charge in [-0.1, -0.05) is 73.8 Å². The molecule has 13 rings (SSSR count). The third-order valence-electron chi connectivity index (χ3n) is 14.0. The Morgan fingerprint density at radius 2 is 1.14 bits per heavy atom. The van der Waals surface area contributed by atoms with Gasteiger partial charge in [-0.2, -0.15) is 38.2 Å². The van der Waals surface area contributed by atoms with Crippen LogP contribution in [0.2, 0.25) is 20.1 Å². The molecule has 7 heterocycles. The number of halogens is 13. The summed E-state index contributed by atoms with van der Waals surface area (Å²) < 4.78 is 141. The van der Waals surface area contributed by atoms with Gasteiger partial charge in [-0.3, -0.25) is 59.1 Å². The number of fused-ring (bicyclic) bond motifs is 1. The van der Waals surface area contributed by atoms with Gasteiger partial charge in [-0.15, -0.1) is 22.0 Å². The number of para-hydroxylation sites is 1. The Morgan fingerprint density at radius 3 is 1.48 bits per heavy atom. The average molecular weight is 1850 g/mol. The molecule has 6 aromatic carbocycles. The van der Waals surface area contributed by atoms with Crippen molar-refractivity contribution in [2.24, 2.45) is 38.3 Å². The highest BCUT2D eigenvalue weighted by atomic mass is 35.5. The summed E-state index contributed by atoms with van der Waals surface area (Å²) in [6, 6.07) is 20.5. The number of non-ortho nitro benzene ring substituents is 2. The first kappa shape index (κ1) is 109. The van der Waals surface area contributed by atoms with Crippen molar-refractivity contribution in [2.75, 3.05) is 69.7 Å². The minimum absolute atomic E-state index is 0.000556. The lowest BCUT2D eigenvalue weighted by molar-refractivity contribution is -0.394. The van der Waals surface area contributed by atoms with E-state index in [0.29, 0.717) is 32.8 Å². The summed E-state index contributed by atoms with van der Waals surface area (Å²) in [5.74, 6) is -18.1. The second-order valence-electron chi connectivity index (χ2n) is 22.7. The van der Waals surface area contributed by atoms with Crippen LogP contribution in [0.3, 0.4) is 0 Å². The number of ether oxygens (including phenoxy) is 5. The zero-order valence-corrected chi connectivity index (χ0v) is 72.2. The predicted molar refractivity (Wildman–Crippen MR) is 436 cm³/mol. The summed E-state index contributed by atoms with van der Waals surface area (Å²) >= 11 is 25.3. The number of aliphatic imine (C=N–C) groups is 1. The summed E-state index contributed by atoms with van der Waals surface area (Å²) in [7, 11) is 17.6. The third kappa shape index (κ3) is 36.1. The maximum absolute atomic E-state index is 12.6. The molecule has 2 amide bonds. The quantitative estimate of drug-likeness (QED) is 0.0221. The Labute approximate surface area is 724 Å². The molecule has 0 aliphatic carbocycles. The second-order valence-corrected chi connectivity index (χ2v) is 25.1. The molecule has 668 valence electrons. The van der Waals surface area contributed by atoms with Crippen molar-refractivity contribution >= 4 is 109 Å². The van der Waals surface area contributed by atoms with Crippen molar-refractivity contribution in [2.45, 2.75) is 46.5 Å². The van der Waals surface area contributed by atoms with Crippen molar-refractivity contribution in [3.8, 4) is 40.9 Å². The zero-order valence-electron chi connectivity index (χ0n) is 68.3. The van der Waals surface area contributed by atoms with Gasteiger partial charge in [0.25, 0.3) is 23.2 Å². The maximum atomic E-state index is 12.6. The second kappa shape index (κ2) is 57.7. The molecule has 0 spiro atoms. The largest absolute Gasteiger partial charge is 0.497 e. The van der Waals surface area contributed by atoms with Crippen molar-refractivity contribution in [3.05, 3.63) is 243 Å². The van der Waals surface area contributed by atoms with Gasteiger partial charge in [-0.05, 0) is 81.0 Å². The van der Waals surface area contributed by atoms with Gasteiger partial charge in [0, 0.05) is 90.4 Å². The normalized spacial score (nSPS) is 10.8. The van der Waals surface area contributed by atoms with E-state index in [1.807, 2.05) is 82.2 Å². The van der Waals surface area contributed by atoms with Crippen LogP contribution in [0.5, 0.6) is 28.7 Å². The number of amides is 2. The van der Waals surface area contributed by atoms with Gasteiger partial charge < -0.3 is 42.5 Å². The number of hydrogen-bond donors (Lipinski definition) is 0. The van der Waals surface area contributed by atoms with E-state index in [-0.39, 0.29) is 63.6 Å². The molecule has 0 radical (unpaired) electrons. The number of rotatable bonds is 11. The fraction of sp³-hybridized carbons (Fsp3) is 0.288. The number of carbonyl (C=O) groups is 2. The summed E-state index contributed by atoms with van der Waals surface area (Å²) in [5.41, 5.74) is 3.14. The first-order valence-corrected chi connectivity index (χ1v) is 36.7. The smallest absolute Gasteiger partial charge is 0.317 e. The Kier molecular flexibility index (Phi) is 50.5. The molecule has 0 N–H and O–H groups in total. The molecule has 2 aliphatic heterocycles. The number of benzene rings is 6. The van der Waals surface area contributed by atoms with Gasteiger partial charge in [0.05, 0.1) is 103 Å². The number of oxime groups is 1. The molecule has 124 heavy (non-hydrogen) atoms. The molecule has 51 heteroatoms. The number of methoxy groups -OCH3 is 5. The third-order valence-corrected chi connectivity index (χ3v) is 16.7. The molecule has 0 saturated carbocycles. The molecule has 2 aliphatic rings. The van der Waals surface area contributed by atoms with Crippen molar-refractivity contribution < 1.29 is 102 Å². The molecule has 0 bridgehead atoms. The van der Waals surface area contributed by atoms with Crippen LogP contribution >= 0.6 is 58.2 Å². The van der Waals surface area contributed by atoms with Gasteiger partial charge in [0.15, 0.2) is 46.0 Å². The summed E-state index contributed by atoms with van der Waals surface area (Å²) in [6.07, 6.45) is 18.5. The van der Waals surface area contributed by atoms with E-state index >= 15 is 0 Å². The number of nitro benzene ring substituents is 3. The lowest BCUT2D eigenvalue weighted by atomic mass is 10.2. The fourth-order valence-electron chi connectivity index (χ4n) is 8.14. The van der Waals surface area contributed by atoms with E-state index in [0.717, 1.165) is 54.7 Å². The van der Waals surface area contributed by atoms with Crippen LogP contribution < -0.4 is 28.5 Å². The van der Waals surface area contributed by atoms with E-state index in [2.05, 4.69) is 81.0 Å². The number of nitrogens with zero attached hydrogens (tertiary/aromatic N) is 21. The van der Waals surface area contributed by atoms with E-state index in [9.17, 15) is 79.4 Å². The summed E-state index contributed by atoms with van der Waals surface area (Å²) in [6.45, 7) is 6.56. The number of nitro groups is 3. The topological polar surface area (TPSA) is 441 Å². The summed E-state index contributed by atoms with van der Waals surface area (Å²) in [4.78, 5) is 80.8. The van der Waals surface area contributed by atoms with Gasteiger partial charge in [0.1, 0.15) is 65.8 Å². The van der Waals surface area contributed by atoms with Crippen molar-refractivity contribution in [3.63, 3.8) is 0 Å². The lowest BCUT2D eigenvalue weighted by Crippen LogP contribution is -2.27. The van der Waals surface area contributed by atoms with Crippen LogP contribution in [0.25, 0.3) is 11.0 Å². The lowest BCUT2D eigenvalue weighted by Gasteiger charge is -2.11. The number of aromatic nitrogens is 13. The molecule has 0 atom stereocenters. The number of nitriles is 2. The zero-order chi connectivity index (χ0) is 94.0. The molecule has 11 aromatic rings. The van der Waals surface area contributed by atoms with Crippen LogP contribution in [-0.2, 0) is 47.5 Å². The molecule has 0 unspecified atom stereocenters. The van der Waals surface area contributed by atoms with Crippen molar-refractivity contribution in [1.82, 2.24) is 69.1 Å². The molecule has 1 fully saturated rings. The average Bonchev–Trinajstić information content (AvgIpc) is 1.19. The van der Waals surface area contributed by atoms with Crippen LogP contribution in [0.4, 0.5) is 56.6 Å². The number of imidazole rings is 2. The minimum Gasteiger partial charge on any atom is -0.497 e. The number of thioether (sulfide) groups is 1. The molecule has 5 aromatic heterocycles. The Morgan fingerprint density at radius 1 is 0.589 bits per heavy atom. The van der Waals surface area contributed by atoms with Crippen molar-refractivity contribution in [1.29, 1.82) is 10.5 Å². The van der Waals surface area contributed by atoms with Crippen LogP contribution in [0.15, 0.2) is 133 Å². The van der Waals surface area contributed by atoms with Gasteiger partial charge >= 0.3 is 5.69 Å². The van der Waals surface area contributed by atoms with Gasteiger partial charge in [-0.25, -0.2) is 36.9 Å². The Balaban J connectivity index is 0.000000678. The first-order chi connectivity index (χ1) is 58.7. The highest BCUT2D eigenvalue weighted by molar-refractivity contribution is 8.13.